The molecule has 18 heavy (non-hydrogen) atoms. The SMILES string of the molecule is CCC(=CCn1ncc(N(C)C)cc1=O)C(=O)O. The number of carboxylic acids is 1. The van der Waals surface area contributed by atoms with Crippen LogP contribution in [0.5, 0.6) is 0 Å². The van der Waals surface area contributed by atoms with Gasteiger partial charge >= 0.3 is 5.97 Å². The number of carbonyl (C=O) groups is 1. The Kier molecular flexibility index (Phi) is 4.65. The second-order valence-corrected chi connectivity index (χ2v) is 4.02. The van der Waals surface area contributed by atoms with Gasteiger partial charge in [0.25, 0.3) is 5.56 Å². The number of aromatic nitrogens is 2. The van der Waals surface area contributed by atoms with E-state index in [2.05, 4.69) is 5.10 Å². The van der Waals surface area contributed by atoms with E-state index in [0.717, 1.165) is 0 Å². The van der Waals surface area contributed by atoms with Gasteiger partial charge in [-0.2, -0.15) is 5.10 Å². The third-order valence-electron chi connectivity index (χ3n) is 2.54. The molecule has 0 aliphatic rings. The molecule has 0 saturated heterocycles. The first-order valence-corrected chi connectivity index (χ1v) is 5.62. The Morgan fingerprint density at radius 2 is 2.22 bits per heavy atom. The maximum Gasteiger partial charge on any atom is 0.331 e. The standard InChI is InChI=1S/C12H17N3O3/c1-4-9(12(17)18)5-6-15-11(16)7-10(8-13-15)14(2)3/h5,7-8H,4,6H2,1-3H3,(H,17,18). The van der Waals surface area contributed by atoms with E-state index in [0.29, 0.717) is 12.1 Å². The summed E-state index contributed by atoms with van der Waals surface area (Å²) in [4.78, 5) is 24.3. The Morgan fingerprint density at radius 1 is 1.56 bits per heavy atom. The van der Waals surface area contributed by atoms with Gasteiger partial charge in [0.1, 0.15) is 0 Å². The van der Waals surface area contributed by atoms with Crippen LogP contribution in [0, 0.1) is 0 Å². The molecule has 0 radical (unpaired) electrons. The third-order valence-corrected chi connectivity index (χ3v) is 2.54. The Hall–Kier alpha value is -2.11. The summed E-state index contributed by atoms with van der Waals surface area (Å²) in [5.41, 5.74) is 0.743. The maximum atomic E-state index is 11.7. The first-order chi connectivity index (χ1) is 8.45. The predicted octanol–water partition coefficient (Wildman–Crippen LogP) is 0.730. The zero-order chi connectivity index (χ0) is 13.7. The van der Waals surface area contributed by atoms with Gasteiger partial charge < -0.3 is 10.0 Å². The molecule has 0 bridgehead atoms. The molecule has 0 aliphatic carbocycles. The van der Waals surface area contributed by atoms with Crippen molar-refractivity contribution in [2.75, 3.05) is 19.0 Å². The molecule has 1 heterocycles. The second-order valence-electron chi connectivity index (χ2n) is 4.02. The summed E-state index contributed by atoms with van der Waals surface area (Å²) in [6.07, 6.45) is 3.49. The van der Waals surface area contributed by atoms with Crippen LogP contribution < -0.4 is 10.5 Å². The monoisotopic (exact) mass is 251 g/mol. The highest BCUT2D eigenvalue weighted by atomic mass is 16.4. The molecule has 0 unspecified atom stereocenters. The fourth-order valence-electron chi connectivity index (χ4n) is 1.39. The van der Waals surface area contributed by atoms with Gasteiger partial charge in [-0.25, -0.2) is 9.48 Å². The molecule has 6 heteroatoms. The number of nitrogens with zero attached hydrogens (tertiary/aromatic N) is 3. The maximum absolute atomic E-state index is 11.7. The second kappa shape index (κ2) is 6.00. The van der Waals surface area contributed by atoms with Crippen molar-refractivity contribution < 1.29 is 9.90 Å². The van der Waals surface area contributed by atoms with E-state index in [1.54, 1.807) is 18.0 Å². The van der Waals surface area contributed by atoms with E-state index in [4.69, 9.17) is 5.11 Å². The average Bonchev–Trinajstić information content (AvgIpc) is 2.30. The molecule has 6 nitrogen and oxygen atoms in total. The fourth-order valence-corrected chi connectivity index (χ4v) is 1.39. The zero-order valence-electron chi connectivity index (χ0n) is 10.8. The van der Waals surface area contributed by atoms with E-state index in [1.165, 1.54) is 16.8 Å². The summed E-state index contributed by atoms with van der Waals surface area (Å²) < 4.78 is 1.23. The van der Waals surface area contributed by atoms with Crippen molar-refractivity contribution in [3.8, 4) is 0 Å². The van der Waals surface area contributed by atoms with Gasteiger partial charge in [-0.15, -0.1) is 0 Å². The van der Waals surface area contributed by atoms with Crippen LogP contribution in [0.1, 0.15) is 13.3 Å². The fraction of sp³-hybridized carbons (Fsp3) is 0.417. The van der Waals surface area contributed by atoms with Gasteiger partial charge in [-0.3, -0.25) is 4.79 Å². The lowest BCUT2D eigenvalue weighted by Crippen LogP contribution is -2.24. The number of hydrogen-bond acceptors (Lipinski definition) is 4. The molecule has 0 aliphatic heterocycles. The van der Waals surface area contributed by atoms with E-state index in [1.807, 2.05) is 14.1 Å². The molecule has 98 valence electrons. The van der Waals surface area contributed by atoms with Crippen LogP contribution in [0.3, 0.4) is 0 Å². The van der Waals surface area contributed by atoms with Crippen molar-refractivity contribution in [1.29, 1.82) is 0 Å². The van der Waals surface area contributed by atoms with E-state index < -0.39 is 5.97 Å². The molecular formula is C12H17N3O3. The quantitative estimate of drug-likeness (QED) is 0.781. The first kappa shape index (κ1) is 14.0. The van der Waals surface area contributed by atoms with Crippen LogP contribution in [0.4, 0.5) is 5.69 Å². The van der Waals surface area contributed by atoms with Crippen molar-refractivity contribution in [2.24, 2.45) is 0 Å². The highest BCUT2D eigenvalue weighted by Crippen LogP contribution is 2.04. The number of aliphatic carboxylic acids is 1. The van der Waals surface area contributed by atoms with E-state index in [9.17, 15) is 9.59 Å². The number of allylic oxidation sites excluding steroid dienone is 1. The first-order valence-electron chi connectivity index (χ1n) is 5.62. The number of anilines is 1. The molecular weight excluding hydrogens is 234 g/mol. The van der Waals surface area contributed by atoms with Gasteiger partial charge in [0.05, 0.1) is 18.4 Å². The summed E-state index contributed by atoms with van der Waals surface area (Å²) in [5, 5.41) is 12.8. The minimum absolute atomic E-state index is 0.169. The van der Waals surface area contributed by atoms with Crippen LogP contribution in [0.2, 0.25) is 0 Å². The number of rotatable bonds is 5. The molecule has 0 amide bonds. The van der Waals surface area contributed by atoms with Gasteiger partial charge in [0.15, 0.2) is 0 Å². The minimum atomic E-state index is -0.963. The lowest BCUT2D eigenvalue weighted by Gasteiger charge is -2.11. The Balaban J connectivity index is 2.93. The van der Waals surface area contributed by atoms with Gasteiger partial charge in [0, 0.05) is 25.7 Å². The van der Waals surface area contributed by atoms with E-state index in [-0.39, 0.29) is 17.7 Å². The molecule has 1 N–H and O–H groups in total. The molecule has 1 aromatic heterocycles. The number of hydrogen-bond donors (Lipinski definition) is 1. The normalized spacial score (nSPS) is 11.4. The number of carboxylic acid groups (broad SMARTS) is 1. The largest absolute Gasteiger partial charge is 0.478 e. The van der Waals surface area contributed by atoms with Gasteiger partial charge in [0.2, 0.25) is 0 Å². The Labute approximate surface area is 105 Å². The van der Waals surface area contributed by atoms with Crippen molar-refractivity contribution >= 4 is 11.7 Å². The van der Waals surface area contributed by atoms with Crippen LogP contribution in [0.25, 0.3) is 0 Å². The zero-order valence-corrected chi connectivity index (χ0v) is 10.8. The molecule has 1 aromatic rings. The summed E-state index contributed by atoms with van der Waals surface area (Å²) in [6, 6.07) is 1.47. The van der Waals surface area contributed by atoms with Gasteiger partial charge in [-0.1, -0.05) is 13.0 Å². The molecule has 0 atom stereocenters. The highest BCUT2D eigenvalue weighted by Gasteiger charge is 2.05. The minimum Gasteiger partial charge on any atom is -0.478 e. The van der Waals surface area contributed by atoms with Crippen LogP contribution >= 0.6 is 0 Å². The molecule has 0 fully saturated rings. The lowest BCUT2D eigenvalue weighted by molar-refractivity contribution is -0.132. The van der Waals surface area contributed by atoms with Crippen molar-refractivity contribution in [1.82, 2.24) is 9.78 Å². The molecule has 0 aromatic carbocycles. The summed E-state index contributed by atoms with van der Waals surface area (Å²) in [6.45, 7) is 1.92. The van der Waals surface area contributed by atoms with Crippen LogP contribution in [-0.2, 0) is 11.3 Å². The Bertz CT molecular complexity index is 518. The van der Waals surface area contributed by atoms with Crippen molar-refractivity contribution in [3.05, 3.63) is 34.3 Å². The summed E-state index contributed by atoms with van der Waals surface area (Å²) in [7, 11) is 3.64. The average molecular weight is 251 g/mol. The third kappa shape index (κ3) is 3.44. The molecule has 1 rings (SSSR count). The van der Waals surface area contributed by atoms with Gasteiger partial charge in [-0.05, 0) is 6.42 Å². The van der Waals surface area contributed by atoms with Crippen LogP contribution in [-0.4, -0.2) is 35.0 Å². The molecule has 0 saturated carbocycles. The Morgan fingerprint density at radius 3 is 2.67 bits per heavy atom. The summed E-state index contributed by atoms with van der Waals surface area (Å²) in [5.74, 6) is -0.963. The lowest BCUT2D eigenvalue weighted by atomic mass is 10.2. The van der Waals surface area contributed by atoms with E-state index >= 15 is 0 Å². The van der Waals surface area contributed by atoms with Crippen LogP contribution in [0.15, 0.2) is 28.7 Å². The smallest absolute Gasteiger partial charge is 0.331 e. The highest BCUT2D eigenvalue weighted by molar-refractivity contribution is 5.86. The summed E-state index contributed by atoms with van der Waals surface area (Å²) >= 11 is 0. The van der Waals surface area contributed by atoms with Crippen molar-refractivity contribution in [2.45, 2.75) is 19.9 Å². The molecule has 0 spiro atoms. The van der Waals surface area contributed by atoms with Crippen molar-refractivity contribution in [3.63, 3.8) is 0 Å². The topological polar surface area (TPSA) is 75.4 Å². The predicted molar refractivity (Wildman–Crippen MR) is 68.8 cm³/mol.